The van der Waals surface area contributed by atoms with E-state index < -0.39 is 0 Å². The fourth-order valence-corrected chi connectivity index (χ4v) is 2.10. The molecule has 0 aliphatic rings. The van der Waals surface area contributed by atoms with Gasteiger partial charge in [0.1, 0.15) is 0 Å². The lowest BCUT2D eigenvalue weighted by molar-refractivity contribution is 0.231. The van der Waals surface area contributed by atoms with Crippen molar-refractivity contribution in [2.24, 2.45) is 5.92 Å². The van der Waals surface area contributed by atoms with Crippen LogP contribution in [0.5, 0.6) is 0 Å². The average Bonchev–Trinajstić information content (AvgIpc) is 2.60. The summed E-state index contributed by atoms with van der Waals surface area (Å²) in [6.45, 7) is 5.16. The van der Waals surface area contributed by atoms with Crippen molar-refractivity contribution < 1.29 is 5.11 Å². The SMILES string of the molecule is CC(CO)CNC(C)c1csc(Cl)c1. The molecule has 80 valence electrons. The summed E-state index contributed by atoms with van der Waals surface area (Å²) in [5, 5.41) is 14.3. The first kappa shape index (κ1) is 12.0. The summed E-state index contributed by atoms with van der Waals surface area (Å²) in [5.74, 6) is 0.298. The molecule has 0 aliphatic carbocycles. The highest BCUT2D eigenvalue weighted by Gasteiger charge is 2.08. The van der Waals surface area contributed by atoms with Gasteiger partial charge in [0.15, 0.2) is 0 Å². The van der Waals surface area contributed by atoms with Crippen molar-refractivity contribution in [2.45, 2.75) is 19.9 Å². The molecule has 2 N–H and O–H groups in total. The van der Waals surface area contributed by atoms with Crippen LogP contribution < -0.4 is 5.32 Å². The summed E-state index contributed by atoms with van der Waals surface area (Å²) < 4.78 is 0.823. The van der Waals surface area contributed by atoms with E-state index >= 15 is 0 Å². The minimum absolute atomic E-state index is 0.226. The third kappa shape index (κ3) is 3.58. The second kappa shape index (κ2) is 5.71. The van der Waals surface area contributed by atoms with E-state index in [1.165, 1.54) is 5.56 Å². The Morgan fingerprint density at radius 1 is 1.57 bits per heavy atom. The van der Waals surface area contributed by atoms with E-state index in [-0.39, 0.29) is 6.61 Å². The molecule has 0 radical (unpaired) electrons. The molecule has 14 heavy (non-hydrogen) atoms. The predicted molar refractivity (Wildman–Crippen MR) is 62.0 cm³/mol. The van der Waals surface area contributed by atoms with Crippen LogP contribution >= 0.6 is 22.9 Å². The highest BCUT2D eigenvalue weighted by atomic mass is 35.5. The smallest absolute Gasteiger partial charge is 0.0931 e. The molecular weight excluding hydrogens is 218 g/mol. The summed E-state index contributed by atoms with van der Waals surface area (Å²) >= 11 is 7.39. The molecule has 2 atom stereocenters. The number of hydrogen-bond donors (Lipinski definition) is 2. The van der Waals surface area contributed by atoms with Crippen molar-refractivity contribution in [3.63, 3.8) is 0 Å². The van der Waals surface area contributed by atoms with Gasteiger partial charge in [0.05, 0.1) is 4.34 Å². The molecular formula is C10H16ClNOS. The Morgan fingerprint density at radius 2 is 2.29 bits per heavy atom. The molecule has 0 spiro atoms. The van der Waals surface area contributed by atoms with Gasteiger partial charge in [0, 0.05) is 19.2 Å². The monoisotopic (exact) mass is 233 g/mol. The van der Waals surface area contributed by atoms with Gasteiger partial charge in [-0.05, 0) is 29.9 Å². The summed E-state index contributed by atoms with van der Waals surface area (Å²) in [6, 6.07) is 2.28. The van der Waals surface area contributed by atoms with Crippen LogP contribution in [0, 0.1) is 5.92 Å². The van der Waals surface area contributed by atoms with Crippen molar-refractivity contribution in [2.75, 3.05) is 13.2 Å². The molecule has 1 aromatic rings. The van der Waals surface area contributed by atoms with Crippen LogP contribution in [-0.4, -0.2) is 18.3 Å². The van der Waals surface area contributed by atoms with E-state index in [0.717, 1.165) is 10.9 Å². The van der Waals surface area contributed by atoms with E-state index in [2.05, 4.69) is 17.6 Å². The largest absolute Gasteiger partial charge is 0.396 e. The number of aliphatic hydroxyl groups excluding tert-OH is 1. The lowest BCUT2D eigenvalue weighted by Gasteiger charge is -2.15. The third-order valence-electron chi connectivity index (χ3n) is 2.17. The zero-order valence-electron chi connectivity index (χ0n) is 8.46. The Morgan fingerprint density at radius 3 is 2.79 bits per heavy atom. The Kier molecular flexibility index (Phi) is 4.89. The average molecular weight is 234 g/mol. The van der Waals surface area contributed by atoms with Crippen LogP contribution in [0.2, 0.25) is 4.34 Å². The van der Waals surface area contributed by atoms with Gasteiger partial charge in [-0.25, -0.2) is 0 Å². The number of rotatable bonds is 5. The molecule has 0 amide bonds. The van der Waals surface area contributed by atoms with Gasteiger partial charge in [0.25, 0.3) is 0 Å². The van der Waals surface area contributed by atoms with Gasteiger partial charge in [-0.2, -0.15) is 0 Å². The van der Waals surface area contributed by atoms with Crippen LogP contribution in [0.25, 0.3) is 0 Å². The van der Waals surface area contributed by atoms with Crippen LogP contribution in [0.1, 0.15) is 25.5 Å². The number of hydrogen-bond acceptors (Lipinski definition) is 3. The minimum Gasteiger partial charge on any atom is -0.396 e. The Labute approximate surface area is 93.9 Å². The zero-order chi connectivity index (χ0) is 10.6. The van der Waals surface area contributed by atoms with Crippen LogP contribution in [-0.2, 0) is 0 Å². The van der Waals surface area contributed by atoms with Crippen LogP contribution in [0.4, 0.5) is 0 Å². The lowest BCUT2D eigenvalue weighted by Crippen LogP contribution is -2.25. The molecule has 4 heteroatoms. The second-order valence-electron chi connectivity index (χ2n) is 3.60. The fourth-order valence-electron chi connectivity index (χ4n) is 1.11. The van der Waals surface area contributed by atoms with Gasteiger partial charge >= 0.3 is 0 Å². The van der Waals surface area contributed by atoms with E-state index in [4.69, 9.17) is 16.7 Å². The van der Waals surface area contributed by atoms with Gasteiger partial charge in [0.2, 0.25) is 0 Å². The Balaban J connectivity index is 2.39. The maximum Gasteiger partial charge on any atom is 0.0931 e. The van der Waals surface area contributed by atoms with E-state index in [1.807, 2.05) is 13.0 Å². The molecule has 2 unspecified atom stereocenters. The number of aliphatic hydroxyl groups is 1. The summed E-state index contributed by atoms with van der Waals surface area (Å²) in [7, 11) is 0. The summed E-state index contributed by atoms with van der Waals surface area (Å²) in [4.78, 5) is 0. The second-order valence-corrected chi connectivity index (χ2v) is 5.14. The third-order valence-corrected chi connectivity index (χ3v) is 3.28. The maximum atomic E-state index is 8.86. The standard InChI is InChI=1S/C10H16ClNOS/c1-7(5-13)4-12-8(2)9-3-10(11)14-6-9/h3,6-8,12-13H,4-5H2,1-2H3. The molecule has 0 saturated heterocycles. The molecule has 0 aliphatic heterocycles. The van der Waals surface area contributed by atoms with Crippen molar-refractivity contribution in [1.82, 2.24) is 5.32 Å². The topological polar surface area (TPSA) is 32.3 Å². The highest BCUT2D eigenvalue weighted by molar-refractivity contribution is 7.14. The van der Waals surface area contributed by atoms with Gasteiger partial charge in [-0.3, -0.25) is 0 Å². The molecule has 0 fully saturated rings. The van der Waals surface area contributed by atoms with Crippen molar-refractivity contribution in [3.05, 3.63) is 21.3 Å². The van der Waals surface area contributed by atoms with E-state index in [9.17, 15) is 0 Å². The molecule has 0 bridgehead atoms. The van der Waals surface area contributed by atoms with Crippen molar-refractivity contribution in [1.29, 1.82) is 0 Å². The first-order valence-corrected chi connectivity index (χ1v) is 5.97. The van der Waals surface area contributed by atoms with Crippen LogP contribution in [0.3, 0.4) is 0 Å². The molecule has 1 heterocycles. The Hall–Kier alpha value is -0.0900. The van der Waals surface area contributed by atoms with Crippen molar-refractivity contribution in [3.8, 4) is 0 Å². The number of nitrogens with one attached hydrogen (secondary N) is 1. The molecule has 0 aromatic carbocycles. The quantitative estimate of drug-likeness (QED) is 0.820. The van der Waals surface area contributed by atoms with Crippen LogP contribution in [0.15, 0.2) is 11.4 Å². The lowest BCUT2D eigenvalue weighted by atomic mass is 10.1. The first-order valence-electron chi connectivity index (χ1n) is 4.71. The maximum absolute atomic E-state index is 8.86. The number of halogens is 1. The molecule has 1 rings (SSSR count). The number of thiophene rings is 1. The van der Waals surface area contributed by atoms with Crippen molar-refractivity contribution >= 4 is 22.9 Å². The predicted octanol–water partition coefficient (Wildman–Crippen LogP) is 2.68. The van der Waals surface area contributed by atoms with Gasteiger partial charge in [-0.15, -0.1) is 11.3 Å². The summed E-state index contributed by atoms with van der Waals surface area (Å²) in [6.07, 6.45) is 0. The van der Waals surface area contributed by atoms with E-state index in [1.54, 1.807) is 11.3 Å². The van der Waals surface area contributed by atoms with Gasteiger partial charge < -0.3 is 10.4 Å². The molecule has 0 saturated carbocycles. The minimum atomic E-state index is 0.226. The fraction of sp³-hybridized carbons (Fsp3) is 0.600. The normalized spacial score (nSPS) is 15.4. The summed E-state index contributed by atoms with van der Waals surface area (Å²) in [5.41, 5.74) is 1.21. The molecule has 2 nitrogen and oxygen atoms in total. The first-order chi connectivity index (χ1) is 6.63. The van der Waals surface area contributed by atoms with E-state index in [0.29, 0.717) is 12.0 Å². The highest BCUT2D eigenvalue weighted by Crippen LogP contribution is 2.24. The Bertz CT molecular complexity index is 277. The molecule has 1 aromatic heterocycles. The zero-order valence-corrected chi connectivity index (χ0v) is 10.0. The van der Waals surface area contributed by atoms with Gasteiger partial charge in [-0.1, -0.05) is 18.5 Å².